The van der Waals surface area contributed by atoms with E-state index in [9.17, 15) is 0 Å². The van der Waals surface area contributed by atoms with Crippen LogP contribution in [0, 0.1) is 5.41 Å². The van der Waals surface area contributed by atoms with Gasteiger partial charge in [-0.3, -0.25) is 4.99 Å². The molecular formula is C28H32N2. The maximum atomic E-state index is 5.11. The predicted octanol–water partition coefficient (Wildman–Crippen LogP) is 7.19. The van der Waals surface area contributed by atoms with Crippen LogP contribution in [0.2, 0.25) is 0 Å². The smallest absolute Gasteiger partial charge is 0.0964 e. The molecule has 0 amide bonds. The summed E-state index contributed by atoms with van der Waals surface area (Å²) in [5.74, 6) is 0. The SMILES string of the molecule is CC(=C1\CN=C(c2ccccc2)C(c2ccccc2)=N1)/C(C)=C/C=C(\C)C(C)(C)C. The van der Waals surface area contributed by atoms with Crippen LogP contribution < -0.4 is 0 Å². The van der Waals surface area contributed by atoms with E-state index >= 15 is 0 Å². The van der Waals surface area contributed by atoms with Crippen LogP contribution in [0.25, 0.3) is 0 Å². The van der Waals surface area contributed by atoms with Crippen LogP contribution in [-0.4, -0.2) is 18.0 Å². The Balaban J connectivity index is 2.03. The highest BCUT2D eigenvalue weighted by molar-refractivity contribution is 6.54. The number of rotatable bonds is 4. The van der Waals surface area contributed by atoms with Crippen molar-refractivity contribution in [1.82, 2.24) is 0 Å². The fraction of sp³-hybridized carbons (Fsp3) is 0.286. The second-order valence-electron chi connectivity index (χ2n) is 8.88. The second kappa shape index (κ2) is 9.21. The van der Waals surface area contributed by atoms with E-state index in [-0.39, 0.29) is 5.41 Å². The average molecular weight is 397 g/mol. The molecule has 1 heterocycles. The van der Waals surface area contributed by atoms with E-state index in [4.69, 9.17) is 9.98 Å². The molecule has 2 aromatic rings. The molecule has 0 radical (unpaired) electrons. The minimum atomic E-state index is 0.177. The molecule has 0 saturated carbocycles. The van der Waals surface area contributed by atoms with Crippen molar-refractivity contribution < 1.29 is 0 Å². The van der Waals surface area contributed by atoms with Crippen molar-refractivity contribution in [3.63, 3.8) is 0 Å². The molecule has 0 fully saturated rings. The molecule has 3 rings (SSSR count). The summed E-state index contributed by atoms with van der Waals surface area (Å²) in [6.45, 7) is 13.8. The number of aliphatic imine (C=N–C) groups is 2. The lowest BCUT2D eigenvalue weighted by Gasteiger charge is -2.19. The zero-order valence-electron chi connectivity index (χ0n) is 19.0. The topological polar surface area (TPSA) is 24.7 Å². The predicted molar refractivity (Wildman–Crippen MR) is 130 cm³/mol. The summed E-state index contributed by atoms with van der Waals surface area (Å²) in [6, 6.07) is 20.7. The average Bonchev–Trinajstić information content (AvgIpc) is 2.76. The van der Waals surface area contributed by atoms with Gasteiger partial charge in [-0.15, -0.1) is 0 Å². The molecule has 2 aromatic carbocycles. The van der Waals surface area contributed by atoms with E-state index in [1.165, 1.54) is 16.7 Å². The standard InChI is InChI=1S/C28H32N2/c1-20(17-18-21(2)28(4,5)6)22(3)25-19-29-26(23-13-9-7-10-14-23)27(30-25)24-15-11-8-12-16-24/h7-18H,19H2,1-6H3/b20-17+,21-18+,25-22-. The van der Waals surface area contributed by atoms with Crippen LogP contribution in [0.1, 0.15) is 52.7 Å². The molecule has 0 unspecified atom stereocenters. The largest absolute Gasteiger partial charge is 0.276 e. The summed E-state index contributed by atoms with van der Waals surface area (Å²) >= 11 is 0. The number of hydrogen-bond donors (Lipinski definition) is 0. The molecule has 0 spiro atoms. The van der Waals surface area contributed by atoms with Crippen LogP contribution in [0.15, 0.2) is 105 Å². The Kier molecular flexibility index (Phi) is 6.66. The van der Waals surface area contributed by atoms with Gasteiger partial charge in [-0.2, -0.15) is 0 Å². The summed E-state index contributed by atoms with van der Waals surface area (Å²) in [5.41, 5.74) is 9.09. The van der Waals surface area contributed by atoms with Crippen molar-refractivity contribution in [2.24, 2.45) is 15.4 Å². The second-order valence-corrected chi connectivity index (χ2v) is 8.88. The van der Waals surface area contributed by atoms with Gasteiger partial charge in [-0.25, -0.2) is 4.99 Å². The summed E-state index contributed by atoms with van der Waals surface area (Å²) in [7, 11) is 0. The van der Waals surface area contributed by atoms with Gasteiger partial charge < -0.3 is 0 Å². The monoisotopic (exact) mass is 396 g/mol. The molecule has 0 aliphatic carbocycles. The quantitative estimate of drug-likeness (QED) is 0.489. The van der Waals surface area contributed by atoms with Gasteiger partial charge in [0.05, 0.1) is 23.7 Å². The normalized spacial score (nSPS) is 17.4. The molecule has 0 aromatic heterocycles. The molecule has 1 aliphatic rings. The van der Waals surface area contributed by atoms with Gasteiger partial charge in [0.25, 0.3) is 0 Å². The lowest BCUT2D eigenvalue weighted by Crippen LogP contribution is -2.22. The lowest BCUT2D eigenvalue weighted by atomic mass is 9.87. The number of allylic oxidation sites excluding steroid dienone is 5. The first kappa shape index (κ1) is 21.7. The lowest BCUT2D eigenvalue weighted by molar-refractivity contribution is 0.504. The zero-order chi connectivity index (χ0) is 21.7. The fourth-order valence-electron chi connectivity index (χ4n) is 3.13. The Hall–Kier alpha value is -3.00. The van der Waals surface area contributed by atoms with Crippen molar-refractivity contribution in [2.75, 3.05) is 6.54 Å². The first-order chi connectivity index (χ1) is 14.3. The summed E-state index contributed by atoms with van der Waals surface area (Å²) in [5, 5.41) is 0. The Morgan fingerprint density at radius 1 is 0.767 bits per heavy atom. The van der Waals surface area contributed by atoms with Gasteiger partial charge in [0.1, 0.15) is 0 Å². The van der Waals surface area contributed by atoms with Gasteiger partial charge in [-0.05, 0) is 37.3 Å². The number of hydrogen-bond acceptors (Lipinski definition) is 2. The third-order valence-corrected chi connectivity index (χ3v) is 5.74. The van der Waals surface area contributed by atoms with Crippen molar-refractivity contribution >= 4 is 11.4 Å². The third kappa shape index (κ3) is 5.13. The van der Waals surface area contributed by atoms with Crippen LogP contribution in [0.4, 0.5) is 0 Å². The highest BCUT2D eigenvalue weighted by atomic mass is 14.9. The van der Waals surface area contributed by atoms with E-state index < -0.39 is 0 Å². The number of nitrogens with zero attached hydrogens (tertiary/aromatic N) is 2. The van der Waals surface area contributed by atoms with Crippen molar-refractivity contribution in [2.45, 2.75) is 41.5 Å². The summed E-state index contributed by atoms with van der Waals surface area (Å²) in [6.07, 6.45) is 4.43. The van der Waals surface area contributed by atoms with E-state index in [0.717, 1.165) is 28.2 Å². The molecule has 2 heteroatoms. The minimum Gasteiger partial charge on any atom is -0.276 e. The highest BCUT2D eigenvalue weighted by Gasteiger charge is 2.20. The Bertz CT molecular complexity index is 1040. The van der Waals surface area contributed by atoms with Gasteiger partial charge in [0.15, 0.2) is 0 Å². The molecule has 0 saturated heterocycles. The Morgan fingerprint density at radius 2 is 1.30 bits per heavy atom. The molecule has 30 heavy (non-hydrogen) atoms. The van der Waals surface area contributed by atoms with Crippen molar-refractivity contribution in [3.8, 4) is 0 Å². The molecule has 0 atom stereocenters. The molecular weight excluding hydrogens is 364 g/mol. The maximum absolute atomic E-state index is 5.11. The van der Waals surface area contributed by atoms with Crippen molar-refractivity contribution in [1.29, 1.82) is 0 Å². The molecule has 0 bridgehead atoms. The van der Waals surface area contributed by atoms with Gasteiger partial charge in [0.2, 0.25) is 0 Å². The first-order valence-electron chi connectivity index (χ1n) is 10.6. The zero-order valence-corrected chi connectivity index (χ0v) is 19.0. The van der Waals surface area contributed by atoms with Crippen LogP contribution in [0.5, 0.6) is 0 Å². The summed E-state index contributed by atoms with van der Waals surface area (Å²) < 4.78 is 0. The van der Waals surface area contributed by atoms with Gasteiger partial charge in [-0.1, -0.05) is 99.2 Å². The molecule has 1 aliphatic heterocycles. The minimum absolute atomic E-state index is 0.177. The molecule has 2 nitrogen and oxygen atoms in total. The highest BCUT2D eigenvalue weighted by Crippen LogP contribution is 2.26. The van der Waals surface area contributed by atoms with Gasteiger partial charge in [0, 0.05) is 11.1 Å². The Labute approximate surface area is 181 Å². The summed E-state index contributed by atoms with van der Waals surface area (Å²) in [4.78, 5) is 10.1. The maximum Gasteiger partial charge on any atom is 0.0964 e. The van der Waals surface area contributed by atoms with E-state index in [1.807, 2.05) is 24.3 Å². The van der Waals surface area contributed by atoms with Crippen LogP contribution in [-0.2, 0) is 0 Å². The fourth-order valence-corrected chi connectivity index (χ4v) is 3.13. The Morgan fingerprint density at radius 3 is 1.83 bits per heavy atom. The van der Waals surface area contributed by atoms with Gasteiger partial charge >= 0.3 is 0 Å². The van der Waals surface area contributed by atoms with E-state index in [0.29, 0.717) is 6.54 Å². The van der Waals surface area contributed by atoms with E-state index in [2.05, 4.69) is 90.1 Å². The molecule has 154 valence electrons. The van der Waals surface area contributed by atoms with Crippen molar-refractivity contribution in [3.05, 3.63) is 106 Å². The third-order valence-electron chi connectivity index (χ3n) is 5.74. The van der Waals surface area contributed by atoms with Crippen LogP contribution >= 0.6 is 0 Å². The van der Waals surface area contributed by atoms with E-state index in [1.54, 1.807) is 0 Å². The van der Waals surface area contributed by atoms with Crippen LogP contribution in [0.3, 0.4) is 0 Å². The number of benzene rings is 2. The first-order valence-corrected chi connectivity index (χ1v) is 10.6. The molecule has 0 N–H and O–H groups in total.